The normalized spacial score (nSPS) is 11.9. The molecule has 0 bridgehead atoms. The van der Waals surface area contributed by atoms with Crippen molar-refractivity contribution in [1.29, 1.82) is 0 Å². The van der Waals surface area contributed by atoms with E-state index in [1.54, 1.807) is 0 Å². The van der Waals surface area contributed by atoms with E-state index in [-0.39, 0.29) is 31.7 Å². The monoisotopic (exact) mass is 281 g/mol. The van der Waals surface area contributed by atoms with Crippen molar-refractivity contribution in [2.24, 2.45) is 0 Å². The summed E-state index contributed by atoms with van der Waals surface area (Å²) in [5.74, 6) is 0. The number of carbonyl (C=O) groups is 1. The highest BCUT2D eigenvalue weighted by atomic mass is 32.2. The van der Waals surface area contributed by atoms with Crippen LogP contribution >= 0.6 is 0 Å². The van der Waals surface area contributed by atoms with Gasteiger partial charge in [-0.25, -0.2) is 13.2 Å². The summed E-state index contributed by atoms with van der Waals surface area (Å²) < 4.78 is 29.0. The van der Waals surface area contributed by atoms with Gasteiger partial charge in [-0.05, 0) is 13.8 Å². The molecule has 18 heavy (non-hydrogen) atoms. The highest BCUT2D eigenvalue weighted by molar-refractivity contribution is 7.88. The zero-order valence-electron chi connectivity index (χ0n) is 11.4. The first-order chi connectivity index (χ1) is 8.27. The number of carbonyl (C=O) groups excluding carboxylic acids is 1. The number of rotatable bonds is 8. The van der Waals surface area contributed by atoms with Gasteiger partial charge in [0.05, 0.1) is 12.9 Å². The molecule has 2 N–H and O–H groups in total. The topological polar surface area (TPSA) is 87.7 Å². The molecule has 0 aromatic heterocycles. The first-order valence-electron chi connectivity index (χ1n) is 5.75. The summed E-state index contributed by atoms with van der Waals surface area (Å²) in [5.41, 5.74) is 0. The molecule has 0 unspecified atom stereocenters. The van der Waals surface area contributed by atoms with Crippen LogP contribution in [0.25, 0.3) is 0 Å². The molecule has 0 aliphatic carbocycles. The van der Waals surface area contributed by atoms with Crippen LogP contribution < -0.4 is 10.6 Å². The van der Waals surface area contributed by atoms with Gasteiger partial charge in [-0.3, -0.25) is 0 Å². The van der Waals surface area contributed by atoms with Crippen molar-refractivity contribution in [3.05, 3.63) is 0 Å². The van der Waals surface area contributed by atoms with Gasteiger partial charge in [0.25, 0.3) is 0 Å². The summed E-state index contributed by atoms with van der Waals surface area (Å²) in [6.45, 7) is 4.79. The lowest BCUT2D eigenvalue weighted by molar-refractivity contribution is 0.179. The smallest absolute Gasteiger partial charge is 0.315 e. The summed E-state index contributed by atoms with van der Waals surface area (Å²) >= 11 is 0. The molecule has 0 aromatic carbocycles. The molecule has 108 valence electrons. The Labute approximate surface area is 109 Å². The predicted molar refractivity (Wildman–Crippen MR) is 70.0 cm³/mol. The molecule has 0 aromatic rings. The van der Waals surface area contributed by atoms with Crippen molar-refractivity contribution in [3.63, 3.8) is 0 Å². The average molecular weight is 281 g/mol. The Kier molecular flexibility index (Phi) is 7.88. The summed E-state index contributed by atoms with van der Waals surface area (Å²) in [6.07, 6.45) is 1.14. The first kappa shape index (κ1) is 17.1. The fourth-order valence-corrected chi connectivity index (χ4v) is 2.07. The maximum Gasteiger partial charge on any atom is 0.315 e. The van der Waals surface area contributed by atoms with E-state index < -0.39 is 10.0 Å². The van der Waals surface area contributed by atoms with Gasteiger partial charge >= 0.3 is 6.03 Å². The van der Waals surface area contributed by atoms with Gasteiger partial charge in [-0.15, -0.1) is 0 Å². The molecule has 0 aliphatic rings. The van der Waals surface area contributed by atoms with Gasteiger partial charge in [0.15, 0.2) is 0 Å². The summed E-state index contributed by atoms with van der Waals surface area (Å²) in [7, 11) is -1.77. The quantitative estimate of drug-likeness (QED) is 0.634. The standard InChI is InChI=1S/C10H23N3O4S/c1-9(2)12-10(14)11-5-6-13(7-8-17-3)18(4,15)16/h9H,5-8H2,1-4H3,(H2,11,12,14). The fourth-order valence-electron chi connectivity index (χ4n) is 1.24. The van der Waals surface area contributed by atoms with Crippen LogP contribution in [-0.2, 0) is 14.8 Å². The van der Waals surface area contributed by atoms with Crippen molar-refractivity contribution in [2.75, 3.05) is 39.6 Å². The van der Waals surface area contributed by atoms with Crippen LogP contribution in [0.4, 0.5) is 4.79 Å². The Bertz CT molecular complexity index is 343. The van der Waals surface area contributed by atoms with E-state index in [1.807, 2.05) is 13.8 Å². The number of sulfonamides is 1. The van der Waals surface area contributed by atoms with Gasteiger partial charge in [0, 0.05) is 32.8 Å². The Balaban J connectivity index is 4.08. The van der Waals surface area contributed by atoms with Crippen LogP contribution in [0.5, 0.6) is 0 Å². The van der Waals surface area contributed by atoms with E-state index in [2.05, 4.69) is 10.6 Å². The molecule has 0 saturated carbocycles. The van der Waals surface area contributed by atoms with Gasteiger partial charge in [-0.1, -0.05) is 0 Å². The maximum atomic E-state index is 11.4. The number of methoxy groups -OCH3 is 1. The van der Waals surface area contributed by atoms with Crippen LogP contribution in [0.15, 0.2) is 0 Å². The van der Waals surface area contributed by atoms with Gasteiger partial charge in [0.1, 0.15) is 0 Å². The van der Waals surface area contributed by atoms with Crippen LogP contribution in [0, 0.1) is 0 Å². The number of nitrogens with one attached hydrogen (secondary N) is 2. The van der Waals surface area contributed by atoms with Crippen molar-refractivity contribution >= 4 is 16.1 Å². The molecule has 2 amide bonds. The largest absolute Gasteiger partial charge is 0.383 e. The van der Waals surface area contributed by atoms with E-state index in [9.17, 15) is 13.2 Å². The van der Waals surface area contributed by atoms with E-state index in [0.29, 0.717) is 6.61 Å². The zero-order valence-corrected chi connectivity index (χ0v) is 12.2. The molecular weight excluding hydrogens is 258 g/mol. The van der Waals surface area contributed by atoms with E-state index in [1.165, 1.54) is 11.4 Å². The molecule has 0 spiro atoms. The predicted octanol–water partition coefficient (Wildman–Crippen LogP) is -0.398. The average Bonchev–Trinajstić information content (AvgIpc) is 2.20. The zero-order chi connectivity index (χ0) is 14.2. The molecular formula is C10H23N3O4S. The third-order valence-corrected chi connectivity index (χ3v) is 3.38. The van der Waals surface area contributed by atoms with Gasteiger partial charge in [-0.2, -0.15) is 4.31 Å². The van der Waals surface area contributed by atoms with Crippen LogP contribution in [0.3, 0.4) is 0 Å². The third kappa shape index (κ3) is 8.26. The number of ether oxygens (including phenoxy) is 1. The Hall–Kier alpha value is -0.860. The molecule has 0 fully saturated rings. The van der Waals surface area contributed by atoms with Crippen LogP contribution in [0.2, 0.25) is 0 Å². The minimum Gasteiger partial charge on any atom is -0.383 e. The van der Waals surface area contributed by atoms with E-state index in [0.717, 1.165) is 6.26 Å². The molecule has 0 aliphatic heterocycles. The van der Waals surface area contributed by atoms with Crippen molar-refractivity contribution in [3.8, 4) is 0 Å². The maximum absolute atomic E-state index is 11.4. The minimum absolute atomic E-state index is 0.0458. The second kappa shape index (κ2) is 8.28. The lowest BCUT2D eigenvalue weighted by atomic mass is 10.4. The highest BCUT2D eigenvalue weighted by Gasteiger charge is 2.15. The molecule has 8 heteroatoms. The van der Waals surface area contributed by atoms with Crippen LogP contribution in [0.1, 0.15) is 13.8 Å². The number of nitrogens with zero attached hydrogens (tertiary/aromatic N) is 1. The molecule has 0 rings (SSSR count). The highest BCUT2D eigenvalue weighted by Crippen LogP contribution is 1.96. The number of amides is 2. The lowest BCUT2D eigenvalue weighted by Crippen LogP contribution is -2.44. The van der Waals surface area contributed by atoms with Crippen molar-refractivity contribution in [2.45, 2.75) is 19.9 Å². The minimum atomic E-state index is -3.28. The first-order valence-corrected chi connectivity index (χ1v) is 7.60. The second-order valence-electron chi connectivity index (χ2n) is 4.21. The van der Waals surface area contributed by atoms with Gasteiger partial charge in [0.2, 0.25) is 10.0 Å². The summed E-state index contributed by atoms with van der Waals surface area (Å²) in [5, 5.41) is 5.25. The molecule has 0 atom stereocenters. The Morgan fingerprint density at radius 3 is 2.39 bits per heavy atom. The molecule has 7 nitrogen and oxygen atoms in total. The van der Waals surface area contributed by atoms with Crippen LogP contribution in [-0.4, -0.2) is 64.4 Å². The van der Waals surface area contributed by atoms with Crippen molar-refractivity contribution < 1.29 is 17.9 Å². The Morgan fingerprint density at radius 1 is 1.33 bits per heavy atom. The van der Waals surface area contributed by atoms with Crippen molar-refractivity contribution in [1.82, 2.24) is 14.9 Å². The Morgan fingerprint density at radius 2 is 1.94 bits per heavy atom. The second-order valence-corrected chi connectivity index (χ2v) is 6.19. The van der Waals surface area contributed by atoms with E-state index >= 15 is 0 Å². The molecule has 0 saturated heterocycles. The lowest BCUT2D eigenvalue weighted by Gasteiger charge is -2.20. The third-order valence-electron chi connectivity index (χ3n) is 2.08. The SMILES string of the molecule is COCCN(CCNC(=O)NC(C)C)S(C)(=O)=O. The molecule has 0 radical (unpaired) electrons. The van der Waals surface area contributed by atoms with Gasteiger partial charge < -0.3 is 15.4 Å². The summed E-state index contributed by atoms with van der Waals surface area (Å²) in [4.78, 5) is 11.3. The number of hydrogen-bond acceptors (Lipinski definition) is 4. The number of hydrogen-bond donors (Lipinski definition) is 2. The molecule has 0 heterocycles. The van der Waals surface area contributed by atoms with E-state index in [4.69, 9.17) is 4.74 Å². The summed E-state index contributed by atoms with van der Waals surface area (Å²) in [6, 6.07) is -0.255. The fraction of sp³-hybridized carbons (Fsp3) is 0.900. The number of urea groups is 1.